The molecule has 0 saturated heterocycles. The standard InChI is InChI=1S/C12H8F3N7O/c13-12(14,15)10-19-11(21-20-10)18-9(23)7-1-3-8(4-2-7)22-6-16-5-17-22/h1-6H,(H2,18,19,20,21,23). The summed E-state index contributed by atoms with van der Waals surface area (Å²) in [6.45, 7) is 0. The molecule has 2 N–H and O–H groups in total. The molecule has 0 spiro atoms. The van der Waals surface area contributed by atoms with E-state index in [9.17, 15) is 18.0 Å². The third kappa shape index (κ3) is 3.17. The Morgan fingerprint density at radius 2 is 1.96 bits per heavy atom. The average molecular weight is 323 g/mol. The zero-order valence-corrected chi connectivity index (χ0v) is 11.2. The van der Waals surface area contributed by atoms with Gasteiger partial charge in [0.15, 0.2) is 0 Å². The number of amides is 1. The maximum atomic E-state index is 12.4. The van der Waals surface area contributed by atoms with Crippen LogP contribution >= 0.6 is 0 Å². The lowest BCUT2D eigenvalue weighted by Crippen LogP contribution is -2.13. The normalized spacial score (nSPS) is 11.4. The second kappa shape index (κ2) is 5.51. The van der Waals surface area contributed by atoms with Crippen LogP contribution in [0.25, 0.3) is 5.69 Å². The van der Waals surface area contributed by atoms with Gasteiger partial charge in [0, 0.05) is 5.56 Å². The third-order valence-corrected chi connectivity index (χ3v) is 2.79. The van der Waals surface area contributed by atoms with Gasteiger partial charge in [0.1, 0.15) is 12.7 Å². The molecule has 0 aliphatic rings. The molecule has 8 nitrogen and oxygen atoms in total. The second-order valence-electron chi connectivity index (χ2n) is 4.35. The molecule has 2 heterocycles. The van der Waals surface area contributed by atoms with E-state index in [4.69, 9.17) is 0 Å². The predicted molar refractivity (Wildman–Crippen MR) is 70.7 cm³/mol. The van der Waals surface area contributed by atoms with Crippen molar-refractivity contribution in [1.82, 2.24) is 29.9 Å². The first-order valence-corrected chi connectivity index (χ1v) is 6.19. The average Bonchev–Trinajstić information content (AvgIpc) is 3.18. The molecule has 1 aromatic carbocycles. The molecule has 2 aromatic heterocycles. The van der Waals surface area contributed by atoms with Crippen molar-refractivity contribution < 1.29 is 18.0 Å². The number of nitrogens with zero attached hydrogens (tertiary/aromatic N) is 5. The second-order valence-corrected chi connectivity index (χ2v) is 4.35. The SMILES string of the molecule is O=C(Nc1n[nH]c(C(F)(F)F)n1)c1ccc(-n2cncn2)cc1. The topological polar surface area (TPSA) is 101 Å². The summed E-state index contributed by atoms with van der Waals surface area (Å²) >= 11 is 0. The highest BCUT2D eigenvalue weighted by molar-refractivity contribution is 6.03. The molecule has 0 fully saturated rings. The van der Waals surface area contributed by atoms with Gasteiger partial charge in [-0.1, -0.05) is 0 Å². The molecule has 1 amide bonds. The molecule has 3 rings (SSSR count). The highest BCUT2D eigenvalue weighted by Gasteiger charge is 2.35. The Kier molecular flexibility index (Phi) is 3.52. The van der Waals surface area contributed by atoms with E-state index in [1.54, 1.807) is 17.2 Å². The fraction of sp³-hybridized carbons (Fsp3) is 0.0833. The van der Waals surface area contributed by atoms with E-state index in [1.165, 1.54) is 29.5 Å². The molecule has 0 bridgehead atoms. The Morgan fingerprint density at radius 3 is 2.52 bits per heavy atom. The lowest BCUT2D eigenvalue weighted by atomic mass is 10.2. The maximum Gasteiger partial charge on any atom is 0.451 e. The molecule has 0 aliphatic heterocycles. The molecular formula is C12H8F3N7O. The molecule has 23 heavy (non-hydrogen) atoms. The van der Waals surface area contributed by atoms with E-state index >= 15 is 0 Å². The summed E-state index contributed by atoms with van der Waals surface area (Å²) in [5.74, 6) is -2.38. The van der Waals surface area contributed by atoms with Crippen LogP contribution in [0, 0.1) is 0 Å². The van der Waals surface area contributed by atoms with Crippen molar-refractivity contribution in [2.45, 2.75) is 6.18 Å². The van der Waals surface area contributed by atoms with Crippen LogP contribution in [0.1, 0.15) is 16.2 Å². The third-order valence-electron chi connectivity index (χ3n) is 2.79. The Balaban J connectivity index is 1.72. The quantitative estimate of drug-likeness (QED) is 0.763. The number of alkyl halides is 3. The van der Waals surface area contributed by atoms with Gasteiger partial charge >= 0.3 is 6.18 Å². The molecule has 118 valence electrons. The Hall–Kier alpha value is -3.24. The number of H-pyrrole nitrogens is 1. The first-order chi connectivity index (χ1) is 10.9. The van der Waals surface area contributed by atoms with Crippen LogP contribution in [0.4, 0.5) is 19.1 Å². The molecule has 11 heteroatoms. The summed E-state index contributed by atoms with van der Waals surface area (Å²) in [6.07, 6.45) is -1.81. The van der Waals surface area contributed by atoms with E-state index in [1.807, 2.05) is 0 Å². The van der Waals surface area contributed by atoms with Crippen LogP contribution in [-0.4, -0.2) is 35.9 Å². The fourth-order valence-electron chi connectivity index (χ4n) is 1.73. The van der Waals surface area contributed by atoms with E-state index < -0.39 is 23.9 Å². The molecule has 0 aliphatic carbocycles. The molecule has 0 saturated carbocycles. The van der Waals surface area contributed by atoms with Gasteiger partial charge < -0.3 is 0 Å². The number of rotatable bonds is 3. The number of carbonyl (C=O) groups excluding carboxylic acids is 1. The molecular weight excluding hydrogens is 315 g/mol. The van der Waals surface area contributed by atoms with Crippen LogP contribution < -0.4 is 5.32 Å². The van der Waals surface area contributed by atoms with Crippen LogP contribution in [0.2, 0.25) is 0 Å². The predicted octanol–water partition coefficient (Wildman–Crippen LogP) is 1.66. The molecule has 0 atom stereocenters. The van der Waals surface area contributed by atoms with Gasteiger partial charge in [0.05, 0.1) is 5.69 Å². The zero-order chi connectivity index (χ0) is 16.4. The zero-order valence-electron chi connectivity index (χ0n) is 11.2. The van der Waals surface area contributed by atoms with Gasteiger partial charge in [-0.05, 0) is 24.3 Å². The maximum absolute atomic E-state index is 12.4. The number of halogens is 3. The summed E-state index contributed by atoms with van der Waals surface area (Å²) in [7, 11) is 0. The van der Waals surface area contributed by atoms with Crippen LogP contribution in [0.3, 0.4) is 0 Å². The number of nitrogens with one attached hydrogen (secondary N) is 2. The van der Waals surface area contributed by atoms with Gasteiger partial charge in [-0.25, -0.2) is 9.67 Å². The summed E-state index contributed by atoms with van der Waals surface area (Å²) in [6, 6.07) is 6.21. The molecule has 0 radical (unpaired) electrons. The monoisotopic (exact) mass is 323 g/mol. The molecule has 3 aromatic rings. The van der Waals surface area contributed by atoms with Gasteiger partial charge in [0.2, 0.25) is 11.8 Å². The lowest BCUT2D eigenvalue weighted by molar-refractivity contribution is -0.144. The van der Waals surface area contributed by atoms with Gasteiger partial charge in [-0.2, -0.15) is 23.3 Å². The lowest BCUT2D eigenvalue weighted by Gasteiger charge is -2.03. The highest BCUT2D eigenvalue weighted by Crippen LogP contribution is 2.26. The van der Waals surface area contributed by atoms with Gasteiger partial charge in [-0.3, -0.25) is 15.2 Å². The van der Waals surface area contributed by atoms with E-state index in [-0.39, 0.29) is 5.56 Å². The fourth-order valence-corrected chi connectivity index (χ4v) is 1.73. The highest BCUT2D eigenvalue weighted by atomic mass is 19.4. The van der Waals surface area contributed by atoms with Crippen molar-refractivity contribution >= 4 is 11.9 Å². The van der Waals surface area contributed by atoms with Crippen molar-refractivity contribution in [3.63, 3.8) is 0 Å². The number of hydrogen-bond donors (Lipinski definition) is 2. The number of hydrogen-bond acceptors (Lipinski definition) is 5. The summed E-state index contributed by atoms with van der Waals surface area (Å²) in [4.78, 5) is 18.9. The van der Waals surface area contributed by atoms with Crippen LogP contribution in [-0.2, 0) is 6.18 Å². The van der Waals surface area contributed by atoms with Crippen molar-refractivity contribution in [3.05, 3.63) is 48.3 Å². The number of anilines is 1. The Morgan fingerprint density at radius 1 is 1.22 bits per heavy atom. The number of aromatic nitrogens is 6. The number of carbonyl (C=O) groups is 1. The largest absolute Gasteiger partial charge is 0.451 e. The Labute approximate surface area is 126 Å². The minimum absolute atomic E-state index is 0.229. The summed E-state index contributed by atoms with van der Waals surface area (Å²) in [5, 5.41) is 11.1. The number of benzene rings is 1. The van der Waals surface area contributed by atoms with Crippen molar-refractivity contribution in [1.29, 1.82) is 0 Å². The van der Waals surface area contributed by atoms with Crippen LogP contribution in [0.15, 0.2) is 36.9 Å². The van der Waals surface area contributed by atoms with Crippen LogP contribution in [0.5, 0.6) is 0 Å². The minimum Gasteiger partial charge on any atom is -0.289 e. The first-order valence-electron chi connectivity index (χ1n) is 6.19. The van der Waals surface area contributed by atoms with E-state index in [2.05, 4.69) is 25.5 Å². The van der Waals surface area contributed by atoms with Crippen molar-refractivity contribution in [2.75, 3.05) is 5.32 Å². The van der Waals surface area contributed by atoms with E-state index in [0.717, 1.165) is 0 Å². The van der Waals surface area contributed by atoms with Crippen molar-refractivity contribution in [3.8, 4) is 5.69 Å². The smallest absolute Gasteiger partial charge is 0.289 e. The Bertz CT molecular complexity index is 808. The summed E-state index contributed by atoms with van der Waals surface area (Å²) in [5.41, 5.74) is 0.906. The van der Waals surface area contributed by atoms with E-state index in [0.29, 0.717) is 5.69 Å². The number of aromatic amines is 1. The van der Waals surface area contributed by atoms with Gasteiger partial charge in [-0.15, -0.1) is 5.10 Å². The van der Waals surface area contributed by atoms with Gasteiger partial charge in [0.25, 0.3) is 5.91 Å². The van der Waals surface area contributed by atoms with Crippen molar-refractivity contribution in [2.24, 2.45) is 0 Å². The first kappa shape index (κ1) is 14.7. The molecule has 0 unspecified atom stereocenters. The minimum atomic E-state index is -4.66. The summed E-state index contributed by atoms with van der Waals surface area (Å²) < 4.78 is 38.6.